The molecule has 0 aromatic heterocycles. The van der Waals surface area contributed by atoms with Crippen LogP contribution in [0.3, 0.4) is 0 Å². The second-order valence-electron chi connectivity index (χ2n) is 6.86. The Bertz CT molecular complexity index is 362. The Balaban J connectivity index is 2.37. The van der Waals surface area contributed by atoms with Crippen LogP contribution in [0.15, 0.2) is 12.2 Å². The lowest BCUT2D eigenvalue weighted by atomic mass is 9.50. The molecule has 0 bridgehead atoms. The summed E-state index contributed by atoms with van der Waals surface area (Å²) >= 11 is 14.4. The maximum absolute atomic E-state index is 6.67. The van der Waals surface area contributed by atoms with Crippen molar-refractivity contribution in [1.82, 2.24) is 0 Å². The molecule has 0 nitrogen and oxygen atoms in total. The van der Waals surface area contributed by atoms with Gasteiger partial charge in [-0.1, -0.05) is 57.9 Å². The minimum absolute atomic E-state index is 0.0788. The minimum atomic E-state index is 0.0788. The topological polar surface area (TPSA) is 0 Å². The molecule has 0 radical (unpaired) electrons. The van der Waals surface area contributed by atoms with Gasteiger partial charge in [0.05, 0.1) is 0 Å². The Morgan fingerprint density at radius 2 is 1.89 bits per heavy atom. The van der Waals surface area contributed by atoms with Crippen molar-refractivity contribution in [3.8, 4) is 0 Å². The van der Waals surface area contributed by atoms with Crippen molar-refractivity contribution in [1.29, 1.82) is 0 Å². The number of alkyl halides is 3. The summed E-state index contributed by atoms with van der Waals surface area (Å²) in [7, 11) is 0. The largest absolute Gasteiger partial charge is 0.121 e. The highest BCUT2D eigenvalue weighted by Crippen LogP contribution is 2.64. The van der Waals surface area contributed by atoms with Crippen molar-refractivity contribution in [2.75, 3.05) is 0 Å². The van der Waals surface area contributed by atoms with Gasteiger partial charge in [-0.2, -0.15) is 0 Å². The van der Waals surface area contributed by atoms with Gasteiger partial charge in [-0.15, -0.1) is 11.6 Å². The molecule has 104 valence electrons. The fourth-order valence-corrected chi connectivity index (χ4v) is 5.20. The fraction of sp³-hybridized carbons (Fsp3) is 0.867. The van der Waals surface area contributed by atoms with E-state index in [-0.39, 0.29) is 20.5 Å². The Kier molecular flexibility index (Phi) is 4.08. The molecular formula is C15H23Br2Cl. The highest BCUT2D eigenvalue weighted by atomic mass is 79.9. The van der Waals surface area contributed by atoms with Crippen LogP contribution in [0.2, 0.25) is 0 Å². The third-order valence-corrected chi connectivity index (χ3v) is 9.07. The van der Waals surface area contributed by atoms with E-state index >= 15 is 0 Å². The number of halogens is 3. The van der Waals surface area contributed by atoms with Crippen LogP contribution in [0.5, 0.6) is 0 Å². The van der Waals surface area contributed by atoms with Crippen LogP contribution in [0, 0.1) is 10.8 Å². The monoisotopic (exact) mass is 396 g/mol. The Labute approximate surface area is 133 Å². The van der Waals surface area contributed by atoms with Crippen LogP contribution < -0.4 is 0 Å². The summed E-state index contributed by atoms with van der Waals surface area (Å²) in [5.74, 6) is 0. The fourth-order valence-electron chi connectivity index (χ4n) is 3.80. The molecule has 0 amide bonds. The average Bonchev–Trinajstić information content (AvgIpc) is 2.27. The Morgan fingerprint density at radius 1 is 1.28 bits per heavy atom. The summed E-state index contributed by atoms with van der Waals surface area (Å²) in [6.45, 7) is 11.4. The summed E-state index contributed by atoms with van der Waals surface area (Å²) in [6.07, 6.45) is 5.72. The molecule has 18 heavy (non-hydrogen) atoms. The molecule has 2 aliphatic rings. The van der Waals surface area contributed by atoms with Crippen LogP contribution in [0.25, 0.3) is 0 Å². The number of hydrogen-bond donors (Lipinski definition) is 0. The van der Waals surface area contributed by atoms with E-state index in [9.17, 15) is 0 Å². The summed E-state index contributed by atoms with van der Waals surface area (Å²) in [5.41, 5.74) is 1.87. The molecule has 0 heterocycles. The van der Waals surface area contributed by atoms with Crippen LogP contribution in [0.1, 0.15) is 52.9 Å². The molecule has 4 atom stereocenters. The highest BCUT2D eigenvalue weighted by molar-refractivity contribution is 9.10. The van der Waals surface area contributed by atoms with Crippen LogP contribution >= 0.6 is 43.5 Å². The van der Waals surface area contributed by atoms with E-state index < -0.39 is 0 Å². The smallest absolute Gasteiger partial charge is 0.0495 e. The van der Waals surface area contributed by atoms with Crippen molar-refractivity contribution in [2.24, 2.45) is 10.8 Å². The van der Waals surface area contributed by atoms with Crippen LogP contribution in [-0.4, -0.2) is 14.5 Å². The van der Waals surface area contributed by atoms with Gasteiger partial charge < -0.3 is 0 Å². The van der Waals surface area contributed by atoms with Crippen LogP contribution in [-0.2, 0) is 0 Å². The lowest BCUT2D eigenvalue weighted by Crippen LogP contribution is -2.54. The third kappa shape index (κ3) is 2.15. The van der Waals surface area contributed by atoms with E-state index in [1.165, 1.54) is 18.4 Å². The molecule has 2 aliphatic carbocycles. The van der Waals surface area contributed by atoms with Gasteiger partial charge in [0.2, 0.25) is 0 Å². The van der Waals surface area contributed by atoms with Crippen molar-refractivity contribution in [3.63, 3.8) is 0 Å². The average molecular weight is 399 g/mol. The molecule has 2 saturated carbocycles. The van der Waals surface area contributed by atoms with E-state index in [0.717, 1.165) is 19.3 Å². The van der Waals surface area contributed by atoms with Crippen LogP contribution in [0.4, 0.5) is 0 Å². The van der Waals surface area contributed by atoms with Crippen molar-refractivity contribution in [2.45, 2.75) is 67.4 Å². The summed E-state index contributed by atoms with van der Waals surface area (Å²) < 4.78 is 0.0788. The molecule has 0 unspecified atom stereocenters. The summed E-state index contributed by atoms with van der Waals surface area (Å²) in [6, 6.07) is 0. The minimum Gasteiger partial charge on any atom is -0.121 e. The molecule has 0 saturated heterocycles. The first-order valence-corrected chi connectivity index (χ1v) is 8.93. The summed E-state index contributed by atoms with van der Waals surface area (Å²) in [4.78, 5) is 0.569. The quantitative estimate of drug-likeness (QED) is 0.344. The van der Waals surface area contributed by atoms with E-state index in [1.807, 2.05) is 0 Å². The van der Waals surface area contributed by atoms with Crippen molar-refractivity contribution >= 4 is 43.5 Å². The zero-order chi connectivity index (χ0) is 13.8. The van der Waals surface area contributed by atoms with Gasteiger partial charge in [-0.25, -0.2) is 0 Å². The molecular weight excluding hydrogens is 375 g/mol. The zero-order valence-corrected chi connectivity index (χ0v) is 15.5. The van der Waals surface area contributed by atoms with E-state index in [4.69, 9.17) is 11.6 Å². The molecule has 0 N–H and O–H groups in total. The first kappa shape index (κ1) is 15.4. The van der Waals surface area contributed by atoms with E-state index in [0.29, 0.717) is 4.83 Å². The second kappa shape index (κ2) is 4.77. The normalized spacial score (nSPS) is 48.4. The molecule has 2 fully saturated rings. The van der Waals surface area contributed by atoms with Crippen molar-refractivity contribution < 1.29 is 0 Å². The predicted molar refractivity (Wildman–Crippen MR) is 88.1 cm³/mol. The molecule has 3 heteroatoms. The van der Waals surface area contributed by atoms with Gasteiger partial charge >= 0.3 is 0 Å². The molecule has 0 aromatic rings. The number of allylic oxidation sites excluding steroid dienone is 1. The van der Waals surface area contributed by atoms with Crippen molar-refractivity contribution in [3.05, 3.63) is 12.2 Å². The first-order valence-electron chi connectivity index (χ1n) is 6.79. The van der Waals surface area contributed by atoms with Gasteiger partial charge in [0.15, 0.2) is 0 Å². The Hall–Kier alpha value is 0.990. The van der Waals surface area contributed by atoms with Gasteiger partial charge in [0.1, 0.15) is 0 Å². The number of rotatable bonds is 0. The Morgan fingerprint density at radius 3 is 2.44 bits per heavy atom. The maximum Gasteiger partial charge on any atom is 0.0495 e. The molecule has 0 aromatic carbocycles. The lowest BCUT2D eigenvalue weighted by Gasteiger charge is -2.59. The third-order valence-electron chi connectivity index (χ3n) is 5.61. The van der Waals surface area contributed by atoms with Gasteiger partial charge in [0, 0.05) is 14.5 Å². The molecule has 1 spiro atoms. The van der Waals surface area contributed by atoms with E-state index in [1.54, 1.807) is 0 Å². The van der Waals surface area contributed by atoms with Gasteiger partial charge in [-0.05, 0) is 49.9 Å². The summed E-state index contributed by atoms with van der Waals surface area (Å²) in [5, 5.41) is 0.181. The SMILES string of the molecule is C=C1CC[C@H](Br)C(C)(C)[C@@]12CC[C@@](C)(Br)[C@@H](Cl)C2. The maximum atomic E-state index is 6.67. The molecule has 2 rings (SSSR count). The van der Waals surface area contributed by atoms with Gasteiger partial charge in [0.25, 0.3) is 0 Å². The predicted octanol–water partition coefficient (Wildman–Crippen LogP) is 6.06. The number of hydrogen-bond acceptors (Lipinski definition) is 0. The van der Waals surface area contributed by atoms with E-state index in [2.05, 4.69) is 59.2 Å². The van der Waals surface area contributed by atoms with Gasteiger partial charge in [-0.3, -0.25) is 0 Å². The second-order valence-corrected chi connectivity index (χ2v) is 10.3. The lowest BCUT2D eigenvalue weighted by molar-refractivity contribution is 0.0341. The standard InChI is InChI=1S/C15H23Br2Cl/c1-10-5-6-11(16)13(2,3)15(10)8-7-14(4,17)12(18)9-15/h11-12H,1,5-9H2,2-4H3/t11-,12-,14+,15+/m0/s1. The molecule has 0 aliphatic heterocycles. The highest BCUT2D eigenvalue weighted by Gasteiger charge is 2.57. The first-order chi connectivity index (χ1) is 8.13. The zero-order valence-electron chi connectivity index (χ0n) is 11.5.